The van der Waals surface area contributed by atoms with Crippen molar-refractivity contribution in [3.8, 4) is 0 Å². The maximum Gasteiger partial charge on any atom is 0.408 e. The highest BCUT2D eigenvalue weighted by Crippen LogP contribution is 2.11. The van der Waals surface area contributed by atoms with Gasteiger partial charge in [0.05, 0.1) is 6.04 Å². The maximum atomic E-state index is 12.0. The molecule has 1 N–H and O–H groups in total. The third-order valence-electron chi connectivity index (χ3n) is 2.83. The third kappa shape index (κ3) is 7.44. The number of nitrogens with one attached hydrogen (secondary N) is 1. The Hall–Kier alpha value is -2.37. The monoisotopic (exact) mass is 321 g/mol. The molecule has 1 amide bonds. The quantitative estimate of drug-likeness (QED) is 0.642. The van der Waals surface area contributed by atoms with Crippen LogP contribution in [0.3, 0.4) is 0 Å². The molecule has 6 heteroatoms. The summed E-state index contributed by atoms with van der Waals surface area (Å²) in [7, 11) is 0. The number of alkyl carbamates (subject to hydrolysis) is 1. The molecule has 1 rings (SSSR count). The van der Waals surface area contributed by atoms with Gasteiger partial charge in [-0.2, -0.15) is 0 Å². The van der Waals surface area contributed by atoms with E-state index in [1.807, 2.05) is 30.3 Å². The van der Waals surface area contributed by atoms with Crippen LogP contribution in [0.2, 0.25) is 0 Å². The fourth-order valence-corrected chi connectivity index (χ4v) is 1.97. The molecule has 0 spiro atoms. The summed E-state index contributed by atoms with van der Waals surface area (Å²) in [5, 5.41) is 2.61. The minimum absolute atomic E-state index is 0.330. The van der Waals surface area contributed by atoms with E-state index < -0.39 is 29.8 Å². The van der Waals surface area contributed by atoms with Crippen molar-refractivity contribution in [3.63, 3.8) is 0 Å². The summed E-state index contributed by atoms with van der Waals surface area (Å²) in [6.45, 7) is 6.43. The Morgan fingerprint density at radius 1 is 1.22 bits per heavy atom. The van der Waals surface area contributed by atoms with E-state index in [2.05, 4.69) is 5.32 Å². The Kier molecular flexibility index (Phi) is 6.75. The minimum Gasteiger partial charge on any atom is -0.453 e. The molecule has 0 heterocycles. The highest BCUT2D eigenvalue weighted by atomic mass is 16.6. The smallest absolute Gasteiger partial charge is 0.408 e. The van der Waals surface area contributed by atoms with E-state index in [0.717, 1.165) is 5.56 Å². The normalized spacial score (nSPS) is 13.6. The van der Waals surface area contributed by atoms with Gasteiger partial charge in [0.25, 0.3) is 0 Å². The van der Waals surface area contributed by atoms with E-state index in [9.17, 15) is 14.4 Å². The molecule has 0 aliphatic heterocycles. The van der Waals surface area contributed by atoms with Crippen molar-refractivity contribution in [1.82, 2.24) is 5.32 Å². The van der Waals surface area contributed by atoms with Gasteiger partial charge in [-0.15, -0.1) is 0 Å². The first-order valence-corrected chi connectivity index (χ1v) is 7.37. The van der Waals surface area contributed by atoms with Crippen LogP contribution in [-0.2, 0) is 25.5 Å². The van der Waals surface area contributed by atoms with E-state index in [4.69, 9.17) is 9.47 Å². The number of carbonyl (C=O) groups is 3. The molecule has 1 aromatic rings. The fraction of sp³-hybridized carbons (Fsp3) is 0.471. The van der Waals surface area contributed by atoms with Crippen molar-refractivity contribution in [3.05, 3.63) is 35.9 Å². The van der Waals surface area contributed by atoms with Crippen LogP contribution in [0.5, 0.6) is 0 Å². The highest BCUT2D eigenvalue weighted by Gasteiger charge is 2.28. The summed E-state index contributed by atoms with van der Waals surface area (Å²) in [5.41, 5.74) is 0.229. The molecule has 0 saturated carbocycles. The number of hydrogen-bond acceptors (Lipinski definition) is 5. The number of rotatable bonds is 6. The maximum absolute atomic E-state index is 12.0. The van der Waals surface area contributed by atoms with Gasteiger partial charge in [-0.05, 0) is 32.8 Å². The van der Waals surface area contributed by atoms with Crippen molar-refractivity contribution < 1.29 is 23.9 Å². The Morgan fingerprint density at radius 2 is 1.83 bits per heavy atom. The number of carbonyl (C=O) groups excluding carboxylic acids is 3. The van der Waals surface area contributed by atoms with E-state index in [1.165, 1.54) is 6.92 Å². The molecule has 2 atom stereocenters. The first-order valence-electron chi connectivity index (χ1n) is 7.37. The van der Waals surface area contributed by atoms with Crippen LogP contribution in [0.4, 0.5) is 4.79 Å². The van der Waals surface area contributed by atoms with Gasteiger partial charge in [0, 0.05) is 6.92 Å². The summed E-state index contributed by atoms with van der Waals surface area (Å²) in [5.74, 6) is -0.592. The van der Waals surface area contributed by atoms with Crippen LogP contribution < -0.4 is 5.32 Å². The van der Waals surface area contributed by atoms with Crippen LogP contribution in [0.25, 0.3) is 0 Å². The average molecular weight is 321 g/mol. The summed E-state index contributed by atoms with van der Waals surface area (Å²) >= 11 is 0. The van der Waals surface area contributed by atoms with Gasteiger partial charge in [-0.3, -0.25) is 9.59 Å². The first-order chi connectivity index (χ1) is 10.7. The number of amides is 1. The largest absolute Gasteiger partial charge is 0.453 e. The molecule has 0 fully saturated rings. The second-order valence-corrected chi connectivity index (χ2v) is 6.15. The zero-order valence-corrected chi connectivity index (χ0v) is 13.9. The topological polar surface area (TPSA) is 81.7 Å². The fourth-order valence-electron chi connectivity index (χ4n) is 1.97. The summed E-state index contributed by atoms with van der Waals surface area (Å²) in [4.78, 5) is 34.4. The first kappa shape index (κ1) is 18.7. The molecule has 126 valence electrons. The zero-order valence-electron chi connectivity index (χ0n) is 13.9. The number of hydrogen-bond donors (Lipinski definition) is 1. The second-order valence-electron chi connectivity index (χ2n) is 6.15. The molecular formula is C17H23NO5. The van der Waals surface area contributed by atoms with Gasteiger partial charge in [0.1, 0.15) is 5.60 Å². The SMILES string of the molecule is CC(=O)O[C@H](C=O)C(Cc1ccccc1)NC(=O)OC(C)(C)C. The molecule has 6 nitrogen and oxygen atoms in total. The summed E-state index contributed by atoms with van der Waals surface area (Å²) in [6.07, 6.45) is -0.916. The Labute approximate surface area is 136 Å². The Bertz CT molecular complexity index is 536. The van der Waals surface area contributed by atoms with Crippen molar-refractivity contribution in [2.45, 2.75) is 51.9 Å². The molecular weight excluding hydrogens is 298 g/mol. The average Bonchev–Trinajstić information content (AvgIpc) is 2.43. The third-order valence-corrected chi connectivity index (χ3v) is 2.83. The number of esters is 1. The predicted molar refractivity (Wildman–Crippen MR) is 84.9 cm³/mol. The van der Waals surface area contributed by atoms with Crippen molar-refractivity contribution in [2.75, 3.05) is 0 Å². The van der Waals surface area contributed by atoms with Crippen molar-refractivity contribution >= 4 is 18.3 Å². The van der Waals surface area contributed by atoms with Crippen LogP contribution in [0.1, 0.15) is 33.3 Å². The van der Waals surface area contributed by atoms with Crippen molar-refractivity contribution in [1.29, 1.82) is 0 Å². The standard InChI is InChI=1S/C17H23NO5/c1-12(20)22-15(11-19)14(10-13-8-6-5-7-9-13)18-16(21)23-17(2,3)4/h5-9,11,14-15H,10H2,1-4H3,(H,18,21)/t14?,15-/m1/s1. The van der Waals surface area contributed by atoms with E-state index >= 15 is 0 Å². The molecule has 0 bridgehead atoms. The second kappa shape index (κ2) is 8.31. The number of benzene rings is 1. The van der Waals surface area contributed by atoms with Crippen LogP contribution in [0.15, 0.2) is 30.3 Å². The molecule has 1 aromatic carbocycles. The van der Waals surface area contributed by atoms with Crippen molar-refractivity contribution in [2.24, 2.45) is 0 Å². The molecule has 23 heavy (non-hydrogen) atoms. The summed E-state index contributed by atoms with van der Waals surface area (Å²) in [6, 6.07) is 8.57. The van der Waals surface area contributed by atoms with Gasteiger partial charge in [-0.1, -0.05) is 30.3 Å². The lowest BCUT2D eigenvalue weighted by Crippen LogP contribution is -2.48. The summed E-state index contributed by atoms with van der Waals surface area (Å²) < 4.78 is 10.2. The van der Waals surface area contributed by atoms with E-state index in [1.54, 1.807) is 20.8 Å². The van der Waals surface area contributed by atoms with Crippen LogP contribution >= 0.6 is 0 Å². The van der Waals surface area contributed by atoms with Crippen LogP contribution in [-0.4, -0.2) is 36.1 Å². The van der Waals surface area contributed by atoms with Gasteiger partial charge < -0.3 is 14.8 Å². The molecule has 0 aliphatic carbocycles. The molecule has 0 aliphatic rings. The lowest BCUT2D eigenvalue weighted by Gasteiger charge is -2.26. The van der Waals surface area contributed by atoms with Gasteiger partial charge in [0.15, 0.2) is 12.4 Å². The van der Waals surface area contributed by atoms with E-state index in [0.29, 0.717) is 12.7 Å². The molecule has 0 radical (unpaired) electrons. The zero-order chi connectivity index (χ0) is 17.5. The highest BCUT2D eigenvalue weighted by molar-refractivity contribution is 5.72. The van der Waals surface area contributed by atoms with Gasteiger partial charge in [-0.25, -0.2) is 4.79 Å². The Morgan fingerprint density at radius 3 is 2.30 bits per heavy atom. The van der Waals surface area contributed by atoms with Gasteiger partial charge >= 0.3 is 12.1 Å². The van der Waals surface area contributed by atoms with Gasteiger partial charge in [0.2, 0.25) is 0 Å². The predicted octanol–water partition coefficient (Wildman–Crippen LogP) is 2.25. The van der Waals surface area contributed by atoms with Crippen LogP contribution in [0, 0.1) is 0 Å². The lowest BCUT2D eigenvalue weighted by atomic mass is 10.0. The number of ether oxygens (including phenoxy) is 2. The van der Waals surface area contributed by atoms with E-state index in [-0.39, 0.29) is 0 Å². The molecule has 0 saturated heterocycles. The molecule has 1 unspecified atom stereocenters. The lowest BCUT2D eigenvalue weighted by molar-refractivity contribution is -0.151. The minimum atomic E-state index is -1.08. The Balaban J connectivity index is 2.88. The number of aldehydes is 1. The molecule has 0 aromatic heterocycles.